The van der Waals surface area contributed by atoms with Gasteiger partial charge < -0.3 is 5.32 Å². The van der Waals surface area contributed by atoms with Gasteiger partial charge in [-0.25, -0.2) is 0 Å². The lowest BCUT2D eigenvalue weighted by Gasteiger charge is -2.23. The summed E-state index contributed by atoms with van der Waals surface area (Å²) in [6.45, 7) is 5.02. The van der Waals surface area contributed by atoms with Crippen molar-refractivity contribution in [1.29, 1.82) is 0 Å². The summed E-state index contributed by atoms with van der Waals surface area (Å²) < 4.78 is 0. The Morgan fingerprint density at radius 3 is 2.91 bits per heavy atom. The number of carbonyl (C=O) groups is 1. The Kier molecular flexibility index (Phi) is 2.53. The fraction of sp³-hybridized carbons (Fsp3) is 0.889. The summed E-state index contributed by atoms with van der Waals surface area (Å²) in [7, 11) is 0. The minimum atomic E-state index is -0.0868. The van der Waals surface area contributed by atoms with Crippen LogP contribution in [0.5, 0.6) is 0 Å². The monoisotopic (exact) mass is 155 g/mol. The van der Waals surface area contributed by atoms with Crippen molar-refractivity contribution in [3.63, 3.8) is 0 Å². The molecule has 0 aromatic rings. The van der Waals surface area contributed by atoms with E-state index in [0.29, 0.717) is 0 Å². The number of amides is 1. The zero-order valence-electron chi connectivity index (χ0n) is 7.44. The zero-order chi connectivity index (χ0) is 8.32. The summed E-state index contributed by atoms with van der Waals surface area (Å²) in [5.74, 6) is 0.248. The lowest BCUT2D eigenvalue weighted by atomic mass is 9.82. The van der Waals surface area contributed by atoms with Gasteiger partial charge in [-0.3, -0.25) is 4.79 Å². The van der Waals surface area contributed by atoms with Gasteiger partial charge in [0.1, 0.15) is 0 Å². The third kappa shape index (κ3) is 1.73. The summed E-state index contributed by atoms with van der Waals surface area (Å²) in [6, 6.07) is 0. The third-order valence-electron chi connectivity index (χ3n) is 2.77. The Morgan fingerprint density at radius 2 is 2.27 bits per heavy atom. The van der Waals surface area contributed by atoms with Crippen LogP contribution in [0.15, 0.2) is 0 Å². The molecule has 0 radical (unpaired) electrons. The molecule has 0 bridgehead atoms. The molecule has 1 rings (SSSR count). The topological polar surface area (TPSA) is 29.1 Å². The molecule has 64 valence electrons. The summed E-state index contributed by atoms with van der Waals surface area (Å²) in [6.07, 6.45) is 4.33. The van der Waals surface area contributed by atoms with Gasteiger partial charge in [-0.2, -0.15) is 0 Å². The lowest BCUT2D eigenvalue weighted by molar-refractivity contribution is -0.130. The van der Waals surface area contributed by atoms with E-state index in [1.807, 2.05) is 0 Å². The van der Waals surface area contributed by atoms with E-state index in [1.54, 1.807) is 0 Å². The molecule has 1 atom stereocenters. The van der Waals surface area contributed by atoms with Crippen LogP contribution in [-0.2, 0) is 4.79 Å². The van der Waals surface area contributed by atoms with E-state index in [0.717, 1.165) is 25.8 Å². The number of hydrogen-bond donors (Lipinski definition) is 1. The quantitative estimate of drug-likeness (QED) is 0.613. The predicted molar refractivity (Wildman–Crippen MR) is 45.3 cm³/mol. The summed E-state index contributed by atoms with van der Waals surface area (Å²) in [4.78, 5) is 11.5. The van der Waals surface area contributed by atoms with Crippen LogP contribution in [0.1, 0.15) is 39.5 Å². The van der Waals surface area contributed by atoms with E-state index >= 15 is 0 Å². The molecule has 0 saturated carbocycles. The highest BCUT2D eigenvalue weighted by molar-refractivity contribution is 5.82. The molecule has 1 fully saturated rings. The Balaban J connectivity index is 2.66. The van der Waals surface area contributed by atoms with Crippen molar-refractivity contribution < 1.29 is 4.79 Å². The molecule has 1 N–H and O–H groups in total. The molecule has 0 aromatic carbocycles. The first kappa shape index (κ1) is 8.57. The van der Waals surface area contributed by atoms with Crippen molar-refractivity contribution >= 4 is 5.91 Å². The van der Waals surface area contributed by atoms with Crippen LogP contribution in [0.2, 0.25) is 0 Å². The first-order chi connectivity index (χ1) is 5.19. The maximum absolute atomic E-state index is 11.5. The van der Waals surface area contributed by atoms with Crippen molar-refractivity contribution in [1.82, 2.24) is 5.32 Å². The first-order valence-corrected chi connectivity index (χ1v) is 4.47. The molecule has 0 unspecified atom stereocenters. The lowest BCUT2D eigenvalue weighted by Crippen LogP contribution is -2.36. The van der Waals surface area contributed by atoms with Gasteiger partial charge >= 0.3 is 0 Å². The van der Waals surface area contributed by atoms with Crippen LogP contribution in [0.4, 0.5) is 0 Å². The van der Waals surface area contributed by atoms with Gasteiger partial charge in [0.25, 0.3) is 0 Å². The molecular formula is C9H17NO. The second-order valence-electron chi connectivity index (χ2n) is 3.63. The molecule has 11 heavy (non-hydrogen) atoms. The highest BCUT2D eigenvalue weighted by Gasteiger charge is 2.31. The predicted octanol–water partition coefficient (Wildman–Crippen LogP) is 1.70. The van der Waals surface area contributed by atoms with Crippen LogP contribution in [-0.4, -0.2) is 12.5 Å². The molecule has 1 amide bonds. The van der Waals surface area contributed by atoms with Crippen LogP contribution >= 0.6 is 0 Å². The van der Waals surface area contributed by atoms with E-state index < -0.39 is 0 Å². The maximum Gasteiger partial charge on any atom is 0.225 e. The highest BCUT2D eigenvalue weighted by atomic mass is 16.2. The fourth-order valence-electron chi connectivity index (χ4n) is 1.51. The Hall–Kier alpha value is -0.530. The van der Waals surface area contributed by atoms with Crippen LogP contribution in [0.3, 0.4) is 0 Å². The molecule has 1 heterocycles. The van der Waals surface area contributed by atoms with Gasteiger partial charge in [-0.1, -0.05) is 20.3 Å². The fourth-order valence-corrected chi connectivity index (χ4v) is 1.51. The van der Waals surface area contributed by atoms with Crippen LogP contribution in [0.25, 0.3) is 0 Å². The van der Waals surface area contributed by atoms with E-state index in [9.17, 15) is 4.79 Å². The maximum atomic E-state index is 11.5. The van der Waals surface area contributed by atoms with Gasteiger partial charge in [0.15, 0.2) is 0 Å². The zero-order valence-corrected chi connectivity index (χ0v) is 7.44. The average molecular weight is 155 g/mol. The average Bonchev–Trinajstić information content (AvgIpc) is 2.16. The molecule has 1 saturated heterocycles. The van der Waals surface area contributed by atoms with Crippen molar-refractivity contribution in [2.45, 2.75) is 39.5 Å². The van der Waals surface area contributed by atoms with E-state index in [-0.39, 0.29) is 11.3 Å². The minimum Gasteiger partial charge on any atom is -0.356 e. The van der Waals surface area contributed by atoms with Gasteiger partial charge in [0.2, 0.25) is 5.91 Å². The van der Waals surface area contributed by atoms with Crippen molar-refractivity contribution in [3.05, 3.63) is 0 Å². The van der Waals surface area contributed by atoms with Crippen LogP contribution < -0.4 is 5.32 Å². The Bertz CT molecular complexity index is 156. The van der Waals surface area contributed by atoms with Gasteiger partial charge in [0, 0.05) is 12.0 Å². The molecule has 1 aliphatic rings. The first-order valence-electron chi connectivity index (χ1n) is 4.47. The second kappa shape index (κ2) is 3.24. The van der Waals surface area contributed by atoms with Gasteiger partial charge in [0.05, 0.1) is 0 Å². The standard InChI is InChI=1S/C9H17NO/c1-3-9(2)6-4-5-7-10-8(9)11/h3-7H2,1-2H3,(H,10,11)/t9-/m0/s1. The van der Waals surface area contributed by atoms with Crippen molar-refractivity contribution in [3.8, 4) is 0 Å². The normalized spacial score (nSPS) is 32.7. The summed E-state index contributed by atoms with van der Waals surface area (Å²) in [5, 5.41) is 2.95. The molecule has 2 heteroatoms. The third-order valence-corrected chi connectivity index (χ3v) is 2.77. The number of nitrogens with one attached hydrogen (secondary N) is 1. The minimum absolute atomic E-state index is 0.0868. The Morgan fingerprint density at radius 1 is 1.55 bits per heavy atom. The number of hydrogen-bond acceptors (Lipinski definition) is 1. The second-order valence-corrected chi connectivity index (χ2v) is 3.63. The molecule has 0 aliphatic carbocycles. The largest absolute Gasteiger partial charge is 0.356 e. The number of carbonyl (C=O) groups excluding carboxylic acids is 1. The van der Waals surface area contributed by atoms with Gasteiger partial charge in [-0.05, 0) is 19.3 Å². The smallest absolute Gasteiger partial charge is 0.225 e. The van der Waals surface area contributed by atoms with E-state index in [1.165, 1.54) is 6.42 Å². The summed E-state index contributed by atoms with van der Waals surface area (Å²) in [5.41, 5.74) is -0.0868. The van der Waals surface area contributed by atoms with E-state index in [4.69, 9.17) is 0 Å². The van der Waals surface area contributed by atoms with Crippen LogP contribution in [0, 0.1) is 5.41 Å². The number of rotatable bonds is 1. The molecule has 2 nitrogen and oxygen atoms in total. The molecule has 0 aromatic heterocycles. The molecule has 1 aliphatic heterocycles. The Labute approximate surface area is 68.4 Å². The highest BCUT2D eigenvalue weighted by Crippen LogP contribution is 2.29. The molecule has 0 spiro atoms. The SMILES string of the molecule is CC[C@@]1(C)CCCCNC1=O. The van der Waals surface area contributed by atoms with Crippen molar-refractivity contribution in [2.24, 2.45) is 5.41 Å². The summed E-state index contributed by atoms with van der Waals surface area (Å²) >= 11 is 0. The molecular weight excluding hydrogens is 138 g/mol. The van der Waals surface area contributed by atoms with Gasteiger partial charge in [-0.15, -0.1) is 0 Å². The van der Waals surface area contributed by atoms with Crippen molar-refractivity contribution in [2.75, 3.05) is 6.54 Å². The van der Waals surface area contributed by atoms with E-state index in [2.05, 4.69) is 19.2 Å².